The summed E-state index contributed by atoms with van der Waals surface area (Å²) in [5, 5.41) is 8.68. The predicted octanol–water partition coefficient (Wildman–Crippen LogP) is 1.63. The third-order valence-electron chi connectivity index (χ3n) is 3.09. The second-order valence-corrected chi connectivity index (χ2v) is 7.83. The highest BCUT2D eigenvalue weighted by Crippen LogP contribution is 2.21. The lowest BCUT2D eigenvalue weighted by molar-refractivity contribution is 0.127. The number of hydrogen-bond donors (Lipinski definition) is 1. The number of nitrogens with one attached hydrogen (secondary N) is 1. The molecular weight excluding hydrogens is 298 g/mol. The third-order valence-corrected chi connectivity index (χ3v) is 5.55. The lowest BCUT2D eigenvalue weighted by atomic mass is 10.3. The van der Waals surface area contributed by atoms with Gasteiger partial charge in [0.1, 0.15) is 11.6 Å². The highest BCUT2D eigenvalue weighted by molar-refractivity contribution is 7.90. The van der Waals surface area contributed by atoms with Gasteiger partial charge >= 0.3 is 0 Å². The van der Waals surface area contributed by atoms with Crippen molar-refractivity contribution in [2.24, 2.45) is 0 Å². The van der Waals surface area contributed by atoms with Crippen LogP contribution in [0.2, 0.25) is 0 Å². The Labute approximate surface area is 121 Å². The van der Waals surface area contributed by atoms with Gasteiger partial charge in [0, 0.05) is 6.61 Å². The van der Waals surface area contributed by atoms with Crippen molar-refractivity contribution in [3.63, 3.8) is 0 Å². The van der Waals surface area contributed by atoms with Crippen LogP contribution in [0.1, 0.15) is 18.7 Å². The number of aromatic amines is 1. The number of hydrogen-bond acceptors (Lipinski definition) is 6. The molecule has 0 aliphatic carbocycles. The van der Waals surface area contributed by atoms with Crippen molar-refractivity contribution in [1.29, 1.82) is 0 Å². The Morgan fingerprint density at radius 3 is 3.10 bits per heavy atom. The van der Waals surface area contributed by atoms with Gasteiger partial charge in [-0.2, -0.15) is 5.10 Å². The van der Waals surface area contributed by atoms with Crippen LogP contribution in [0.4, 0.5) is 0 Å². The molecule has 1 aliphatic rings. The number of nitrogens with zero attached hydrogens (tertiary/aromatic N) is 2. The van der Waals surface area contributed by atoms with E-state index in [9.17, 15) is 8.42 Å². The van der Waals surface area contributed by atoms with Crippen molar-refractivity contribution < 1.29 is 13.2 Å². The van der Waals surface area contributed by atoms with Gasteiger partial charge in [0.2, 0.25) is 0 Å². The maximum Gasteiger partial charge on any atom is 0.191 e. The Morgan fingerprint density at radius 1 is 1.50 bits per heavy atom. The minimum Gasteiger partial charge on any atom is -0.377 e. The van der Waals surface area contributed by atoms with E-state index < -0.39 is 9.84 Å². The number of aromatic nitrogens is 3. The van der Waals surface area contributed by atoms with Gasteiger partial charge in [-0.3, -0.25) is 5.10 Å². The molecule has 0 spiro atoms. The fraction of sp³-hybridized carbons (Fsp3) is 0.500. The zero-order valence-electron chi connectivity index (χ0n) is 10.8. The quantitative estimate of drug-likeness (QED) is 0.907. The second-order valence-electron chi connectivity index (χ2n) is 4.77. The first-order chi connectivity index (χ1) is 9.62. The lowest BCUT2D eigenvalue weighted by Crippen LogP contribution is -2.21. The standard InChI is InChI=1S/C12H15N3O3S2/c16-20(17,7-9-3-1-5-18-9)8-11-13-12(15-14-11)10-4-2-6-19-10/h2,4,6,9H,1,3,5,7-8H2,(H,13,14,15). The number of ether oxygens (including phenoxy) is 1. The fourth-order valence-corrected chi connectivity index (χ4v) is 4.35. The zero-order chi connectivity index (χ0) is 14.0. The van der Waals surface area contributed by atoms with Crippen LogP contribution in [-0.4, -0.2) is 42.1 Å². The van der Waals surface area contributed by atoms with E-state index in [1.165, 1.54) is 11.3 Å². The molecule has 8 heteroatoms. The minimum atomic E-state index is -3.23. The summed E-state index contributed by atoms with van der Waals surface area (Å²) in [5.41, 5.74) is 0. The van der Waals surface area contributed by atoms with E-state index in [2.05, 4.69) is 15.2 Å². The summed E-state index contributed by atoms with van der Waals surface area (Å²) in [4.78, 5) is 5.16. The first-order valence-electron chi connectivity index (χ1n) is 6.39. The molecule has 0 bridgehead atoms. The molecular formula is C12H15N3O3S2. The summed E-state index contributed by atoms with van der Waals surface area (Å²) in [6, 6.07) is 3.81. The first kappa shape index (κ1) is 13.7. The molecule has 1 fully saturated rings. The van der Waals surface area contributed by atoms with E-state index in [-0.39, 0.29) is 17.6 Å². The molecule has 1 aliphatic heterocycles. The maximum absolute atomic E-state index is 12.1. The SMILES string of the molecule is O=S(=O)(Cc1nc(-c2cccs2)n[nH]1)CC1CCCO1. The Balaban J connectivity index is 1.68. The largest absolute Gasteiger partial charge is 0.377 e. The summed E-state index contributed by atoms with van der Waals surface area (Å²) < 4.78 is 29.5. The molecule has 0 amide bonds. The summed E-state index contributed by atoms with van der Waals surface area (Å²) in [6.07, 6.45) is 1.58. The van der Waals surface area contributed by atoms with E-state index in [4.69, 9.17) is 4.74 Å². The van der Waals surface area contributed by atoms with Crippen LogP contribution >= 0.6 is 11.3 Å². The van der Waals surface area contributed by atoms with Crippen LogP contribution in [0, 0.1) is 0 Å². The van der Waals surface area contributed by atoms with Gasteiger partial charge in [0.15, 0.2) is 15.7 Å². The van der Waals surface area contributed by atoms with Crippen LogP contribution in [0.5, 0.6) is 0 Å². The molecule has 1 atom stereocenters. The van der Waals surface area contributed by atoms with E-state index >= 15 is 0 Å². The van der Waals surface area contributed by atoms with Crippen molar-refractivity contribution in [3.05, 3.63) is 23.3 Å². The molecule has 2 aromatic heterocycles. The number of rotatable bonds is 5. The first-order valence-corrected chi connectivity index (χ1v) is 9.10. The zero-order valence-corrected chi connectivity index (χ0v) is 12.4. The highest BCUT2D eigenvalue weighted by atomic mass is 32.2. The minimum absolute atomic E-state index is 0.0576. The molecule has 0 saturated carbocycles. The molecule has 0 radical (unpaired) electrons. The Bertz CT molecular complexity index is 658. The average molecular weight is 313 g/mol. The van der Waals surface area contributed by atoms with Crippen molar-refractivity contribution in [3.8, 4) is 10.7 Å². The predicted molar refractivity (Wildman–Crippen MR) is 76.2 cm³/mol. The Morgan fingerprint density at radius 2 is 2.40 bits per heavy atom. The summed E-state index contributed by atoms with van der Waals surface area (Å²) in [6.45, 7) is 0.658. The third kappa shape index (κ3) is 3.25. The van der Waals surface area contributed by atoms with Crippen LogP contribution in [0.15, 0.2) is 17.5 Å². The highest BCUT2D eigenvalue weighted by Gasteiger charge is 2.24. The van der Waals surface area contributed by atoms with Crippen LogP contribution in [0.25, 0.3) is 10.7 Å². The lowest BCUT2D eigenvalue weighted by Gasteiger charge is -2.08. The van der Waals surface area contributed by atoms with Gasteiger partial charge in [-0.25, -0.2) is 13.4 Å². The van der Waals surface area contributed by atoms with E-state index in [0.717, 1.165) is 17.7 Å². The smallest absolute Gasteiger partial charge is 0.191 e. The molecule has 1 saturated heterocycles. The average Bonchev–Trinajstić information content (AvgIpc) is 3.07. The van der Waals surface area contributed by atoms with E-state index in [1.54, 1.807) is 0 Å². The van der Waals surface area contributed by atoms with Gasteiger partial charge < -0.3 is 4.74 Å². The van der Waals surface area contributed by atoms with Gasteiger partial charge in [-0.05, 0) is 24.3 Å². The van der Waals surface area contributed by atoms with Crippen molar-refractivity contribution in [2.45, 2.75) is 24.7 Å². The summed E-state index contributed by atoms with van der Waals surface area (Å²) in [7, 11) is -3.23. The second kappa shape index (κ2) is 5.63. The van der Waals surface area contributed by atoms with E-state index in [1.807, 2.05) is 17.5 Å². The molecule has 1 unspecified atom stereocenters. The topological polar surface area (TPSA) is 84.9 Å². The molecule has 108 valence electrons. The van der Waals surface area contributed by atoms with Crippen molar-refractivity contribution in [2.75, 3.05) is 12.4 Å². The molecule has 20 heavy (non-hydrogen) atoms. The van der Waals surface area contributed by atoms with Crippen LogP contribution < -0.4 is 0 Å². The Hall–Kier alpha value is -1.25. The molecule has 0 aromatic carbocycles. The number of H-pyrrole nitrogens is 1. The maximum atomic E-state index is 12.1. The molecule has 1 N–H and O–H groups in total. The van der Waals surface area contributed by atoms with Gasteiger partial charge in [-0.15, -0.1) is 11.3 Å². The van der Waals surface area contributed by atoms with Crippen LogP contribution in [-0.2, 0) is 20.3 Å². The monoisotopic (exact) mass is 313 g/mol. The summed E-state index contributed by atoms with van der Waals surface area (Å²) >= 11 is 1.52. The van der Waals surface area contributed by atoms with Gasteiger partial charge in [0.05, 0.1) is 16.7 Å². The number of thiophene rings is 1. The van der Waals surface area contributed by atoms with Gasteiger partial charge in [0.25, 0.3) is 0 Å². The molecule has 6 nitrogen and oxygen atoms in total. The summed E-state index contributed by atoms with van der Waals surface area (Å²) in [5.74, 6) is 0.863. The molecule has 3 heterocycles. The molecule has 2 aromatic rings. The Kier molecular flexibility index (Phi) is 3.86. The van der Waals surface area contributed by atoms with Crippen molar-refractivity contribution >= 4 is 21.2 Å². The van der Waals surface area contributed by atoms with Gasteiger partial charge in [-0.1, -0.05) is 6.07 Å². The molecule has 3 rings (SSSR count). The van der Waals surface area contributed by atoms with Crippen LogP contribution in [0.3, 0.4) is 0 Å². The fourth-order valence-electron chi connectivity index (χ4n) is 2.20. The van der Waals surface area contributed by atoms with Crippen molar-refractivity contribution in [1.82, 2.24) is 15.2 Å². The van der Waals surface area contributed by atoms with E-state index in [0.29, 0.717) is 18.3 Å². The normalized spacial score (nSPS) is 19.5. The number of sulfone groups is 1.